The predicted molar refractivity (Wildman–Crippen MR) is 66.2 cm³/mol. The van der Waals surface area contributed by atoms with Crippen LogP contribution in [0.25, 0.3) is 0 Å². The van der Waals surface area contributed by atoms with Gasteiger partial charge in [0.15, 0.2) is 0 Å². The Balaban J connectivity index is 2.19. The van der Waals surface area contributed by atoms with Crippen LogP contribution >= 0.6 is 0 Å². The van der Waals surface area contributed by atoms with E-state index in [4.69, 9.17) is 9.84 Å². The van der Waals surface area contributed by atoms with Crippen LogP contribution in [0.5, 0.6) is 0 Å². The van der Waals surface area contributed by atoms with Crippen molar-refractivity contribution in [3.05, 3.63) is 0 Å². The average molecular weight is 244 g/mol. The lowest BCUT2D eigenvalue weighted by Crippen LogP contribution is -2.39. The summed E-state index contributed by atoms with van der Waals surface area (Å²) in [6.07, 6.45) is 4.48. The first-order chi connectivity index (χ1) is 8.13. The van der Waals surface area contributed by atoms with E-state index in [1.807, 2.05) is 7.05 Å². The van der Waals surface area contributed by atoms with Crippen molar-refractivity contribution in [1.29, 1.82) is 0 Å². The Bertz CT molecular complexity index is 230. The van der Waals surface area contributed by atoms with Crippen LogP contribution < -0.4 is 5.32 Å². The normalized spacial score (nSPS) is 22.6. The second-order valence-electron chi connectivity index (χ2n) is 4.72. The zero-order valence-corrected chi connectivity index (χ0v) is 10.8. The molecule has 1 rings (SSSR count). The Labute approximate surface area is 103 Å². The Morgan fingerprint density at radius 1 is 1.59 bits per heavy atom. The van der Waals surface area contributed by atoms with E-state index < -0.39 is 12.0 Å². The fourth-order valence-electron chi connectivity index (χ4n) is 2.13. The first-order valence-corrected chi connectivity index (χ1v) is 6.33. The third-order valence-corrected chi connectivity index (χ3v) is 3.24. The van der Waals surface area contributed by atoms with Gasteiger partial charge in [0, 0.05) is 13.2 Å². The SMILES string of the molecule is CNC(CCN(C)CC1CCCCO1)C(=O)O. The summed E-state index contributed by atoms with van der Waals surface area (Å²) in [5.74, 6) is -0.783. The van der Waals surface area contributed by atoms with Crippen LogP contribution in [-0.2, 0) is 9.53 Å². The minimum Gasteiger partial charge on any atom is -0.480 e. The van der Waals surface area contributed by atoms with Gasteiger partial charge in [0.2, 0.25) is 0 Å². The molecule has 1 aliphatic rings. The van der Waals surface area contributed by atoms with Crippen LogP contribution in [0.15, 0.2) is 0 Å². The molecule has 100 valence electrons. The summed E-state index contributed by atoms with van der Waals surface area (Å²) < 4.78 is 5.66. The van der Waals surface area contributed by atoms with Gasteiger partial charge in [-0.3, -0.25) is 4.79 Å². The Kier molecular flexibility index (Phi) is 6.47. The topological polar surface area (TPSA) is 61.8 Å². The predicted octanol–water partition coefficient (Wildman–Crippen LogP) is 0.550. The molecule has 2 N–H and O–H groups in total. The lowest BCUT2D eigenvalue weighted by Gasteiger charge is -2.27. The molecule has 5 nitrogen and oxygen atoms in total. The van der Waals surface area contributed by atoms with Gasteiger partial charge in [-0.1, -0.05) is 0 Å². The number of carbonyl (C=O) groups is 1. The molecular weight excluding hydrogens is 220 g/mol. The smallest absolute Gasteiger partial charge is 0.320 e. The monoisotopic (exact) mass is 244 g/mol. The molecule has 0 aromatic rings. The highest BCUT2D eigenvalue weighted by molar-refractivity contribution is 5.73. The standard InChI is InChI=1S/C12H24N2O3/c1-13-11(12(15)16)6-7-14(2)9-10-5-3-4-8-17-10/h10-11,13H,3-9H2,1-2H3,(H,15,16). The molecule has 17 heavy (non-hydrogen) atoms. The Hall–Kier alpha value is -0.650. The highest BCUT2D eigenvalue weighted by Crippen LogP contribution is 2.13. The quantitative estimate of drug-likeness (QED) is 0.685. The van der Waals surface area contributed by atoms with Gasteiger partial charge in [0.25, 0.3) is 0 Å². The van der Waals surface area contributed by atoms with Gasteiger partial charge in [0.1, 0.15) is 6.04 Å². The molecular formula is C12H24N2O3. The number of carboxylic acids is 1. The fourth-order valence-corrected chi connectivity index (χ4v) is 2.13. The lowest BCUT2D eigenvalue weighted by atomic mass is 10.1. The molecule has 0 amide bonds. The maximum Gasteiger partial charge on any atom is 0.320 e. The van der Waals surface area contributed by atoms with Crippen LogP contribution in [0.3, 0.4) is 0 Å². The number of rotatable bonds is 7. The van der Waals surface area contributed by atoms with Gasteiger partial charge < -0.3 is 20.1 Å². The summed E-state index contributed by atoms with van der Waals surface area (Å²) >= 11 is 0. The lowest BCUT2D eigenvalue weighted by molar-refractivity contribution is -0.139. The van der Waals surface area contributed by atoms with E-state index in [0.717, 1.165) is 26.1 Å². The van der Waals surface area contributed by atoms with Gasteiger partial charge in [-0.15, -0.1) is 0 Å². The molecule has 0 bridgehead atoms. The first-order valence-electron chi connectivity index (χ1n) is 6.33. The minimum absolute atomic E-state index is 0.326. The molecule has 0 radical (unpaired) electrons. The number of nitrogens with zero attached hydrogens (tertiary/aromatic N) is 1. The second kappa shape index (κ2) is 7.63. The number of hydrogen-bond acceptors (Lipinski definition) is 4. The molecule has 0 aromatic heterocycles. The number of ether oxygens (including phenoxy) is 1. The molecule has 0 saturated carbocycles. The average Bonchev–Trinajstić information content (AvgIpc) is 2.30. The molecule has 1 aliphatic heterocycles. The molecule has 1 saturated heterocycles. The van der Waals surface area contributed by atoms with Crippen LogP contribution in [0, 0.1) is 0 Å². The third kappa shape index (κ3) is 5.48. The van der Waals surface area contributed by atoms with Crippen molar-refractivity contribution in [1.82, 2.24) is 10.2 Å². The molecule has 0 aliphatic carbocycles. The second-order valence-corrected chi connectivity index (χ2v) is 4.72. The zero-order chi connectivity index (χ0) is 12.7. The van der Waals surface area contributed by atoms with Crippen LogP contribution in [0.4, 0.5) is 0 Å². The minimum atomic E-state index is -0.783. The number of likely N-dealkylation sites (N-methyl/N-ethyl adjacent to an activating group) is 2. The van der Waals surface area contributed by atoms with E-state index >= 15 is 0 Å². The molecule has 1 heterocycles. The number of aliphatic carboxylic acids is 1. The van der Waals surface area contributed by atoms with E-state index in [0.29, 0.717) is 12.5 Å². The van der Waals surface area contributed by atoms with Crippen molar-refractivity contribution in [2.45, 2.75) is 37.8 Å². The van der Waals surface area contributed by atoms with Crippen molar-refractivity contribution in [2.75, 3.05) is 33.8 Å². The maximum atomic E-state index is 10.8. The van der Waals surface area contributed by atoms with Crippen LogP contribution in [-0.4, -0.2) is 61.9 Å². The van der Waals surface area contributed by atoms with E-state index in [2.05, 4.69) is 10.2 Å². The Morgan fingerprint density at radius 3 is 2.88 bits per heavy atom. The Morgan fingerprint density at radius 2 is 2.35 bits per heavy atom. The van der Waals surface area contributed by atoms with E-state index in [1.54, 1.807) is 7.05 Å². The van der Waals surface area contributed by atoms with E-state index in [-0.39, 0.29) is 0 Å². The highest BCUT2D eigenvalue weighted by Gasteiger charge is 2.18. The highest BCUT2D eigenvalue weighted by atomic mass is 16.5. The van der Waals surface area contributed by atoms with Gasteiger partial charge in [-0.2, -0.15) is 0 Å². The number of nitrogens with one attached hydrogen (secondary N) is 1. The van der Waals surface area contributed by atoms with Gasteiger partial charge in [-0.05, 0) is 46.3 Å². The molecule has 2 atom stereocenters. The summed E-state index contributed by atoms with van der Waals surface area (Å²) in [5, 5.41) is 11.7. The summed E-state index contributed by atoms with van der Waals surface area (Å²) in [5.41, 5.74) is 0. The van der Waals surface area contributed by atoms with Gasteiger partial charge in [-0.25, -0.2) is 0 Å². The first kappa shape index (κ1) is 14.4. The molecule has 1 fully saturated rings. The molecule has 5 heteroatoms. The van der Waals surface area contributed by atoms with Gasteiger partial charge in [0.05, 0.1) is 6.10 Å². The largest absolute Gasteiger partial charge is 0.480 e. The van der Waals surface area contributed by atoms with Crippen molar-refractivity contribution in [2.24, 2.45) is 0 Å². The zero-order valence-electron chi connectivity index (χ0n) is 10.8. The van der Waals surface area contributed by atoms with Crippen LogP contribution in [0.2, 0.25) is 0 Å². The van der Waals surface area contributed by atoms with Crippen molar-refractivity contribution >= 4 is 5.97 Å². The maximum absolute atomic E-state index is 10.8. The summed E-state index contributed by atoms with van der Waals surface area (Å²) in [4.78, 5) is 13.0. The molecule has 0 aromatic carbocycles. The van der Waals surface area contributed by atoms with Gasteiger partial charge >= 0.3 is 5.97 Å². The van der Waals surface area contributed by atoms with Crippen molar-refractivity contribution < 1.29 is 14.6 Å². The van der Waals surface area contributed by atoms with E-state index in [1.165, 1.54) is 12.8 Å². The summed E-state index contributed by atoms with van der Waals surface area (Å²) in [6.45, 7) is 2.54. The fraction of sp³-hybridized carbons (Fsp3) is 0.917. The third-order valence-electron chi connectivity index (χ3n) is 3.24. The van der Waals surface area contributed by atoms with Crippen molar-refractivity contribution in [3.8, 4) is 0 Å². The summed E-state index contributed by atoms with van der Waals surface area (Å²) in [7, 11) is 3.70. The summed E-state index contributed by atoms with van der Waals surface area (Å²) in [6, 6.07) is -0.454. The molecule has 0 spiro atoms. The van der Waals surface area contributed by atoms with Crippen LogP contribution in [0.1, 0.15) is 25.7 Å². The number of carboxylic acid groups (broad SMARTS) is 1. The number of hydrogen-bond donors (Lipinski definition) is 2. The van der Waals surface area contributed by atoms with E-state index in [9.17, 15) is 4.79 Å². The molecule has 2 unspecified atom stereocenters. The van der Waals surface area contributed by atoms with Crippen molar-refractivity contribution in [3.63, 3.8) is 0 Å².